The van der Waals surface area contributed by atoms with Gasteiger partial charge in [-0.05, 0) is 55.7 Å². The molecule has 5 heteroatoms. The third kappa shape index (κ3) is 3.09. The fourth-order valence-electron chi connectivity index (χ4n) is 3.35. The number of fused-ring (bicyclic) bond motifs is 1. The van der Waals surface area contributed by atoms with E-state index in [1.54, 1.807) is 26.4 Å². The Bertz CT molecular complexity index is 832. The summed E-state index contributed by atoms with van der Waals surface area (Å²) in [4.78, 5) is 15.3. The lowest BCUT2D eigenvalue weighted by Crippen LogP contribution is -2.44. The first-order valence-electron chi connectivity index (χ1n) is 8.90. The molecule has 0 spiro atoms. The monoisotopic (exact) mass is 354 g/mol. The summed E-state index contributed by atoms with van der Waals surface area (Å²) in [7, 11) is 3.13. The van der Waals surface area contributed by atoms with Gasteiger partial charge in [-0.2, -0.15) is 0 Å². The summed E-state index contributed by atoms with van der Waals surface area (Å²) < 4.78 is 10.8. The number of anilines is 2. The zero-order valence-corrected chi connectivity index (χ0v) is 16.1. The number of hydrogen-bond acceptors (Lipinski definition) is 4. The number of para-hydroxylation sites is 1. The van der Waals surface area contributed by atoms with E-state index in [-0.39, 0.29) is 11.9 Å². The predicted octanol–water partition coefficient (Wildman–Crippen LogP) is 4.17. The molecule has 3 rings (SSSR count). The molecule has 2 aromatic rings. The Morgan fingerprint density at radius 3 is 2.58 bits per heavy atom. The zero-order chi connectivity index (χ0) is 18.8. The lowest BCUT2D eigenvalue weighted by atomic mass is 10.0. The molecule has 1 amide bonds. The molecule has 0 bridgehead atoms. The maximum Gasteiger partial charge on any atom is 0.262 e. The van der Waals surface area contributed by atoms with E-state index in [0.29, 0.717) is 23.6 Å². The lowest BCUT2D eigenvalue weighted by Gasteiger charge is -2.36. The maximum absolute atomic E-state index is 13.4. The van der Waals surface area contributed by atoms with Gasteiger partial charge in [0.25, 0.3) is 5.91 Å². The molecule has 1 heterocycles. The lowest BCUT2D eigenvalue weighted by molar-refractivity contribution is 0.0981. The molecule has 2 aromatic carbocycles. The number of rotatable bonds is 4. The van der Waals surface area contributed by atoms with Crippen LogP contribution in [0.5, 0.6) is 11.5 Å². The van der Waals surface area contributed by atoms with Crippen LogP contribution in [0.3, 0.4) is 0 Å². The predicted molar refractivity (Wildman–Crippen MR) is 105 cm³/mol. The number of nitrogens with zero attached hydrogens (tertiary/aromatic N) is 1. The summed E-state index contributed by atoms with van der Waals surface area (Å²) in [6.07, 6.45) is 0.936. The van der Waals surface area contributed by atoms with Gasteiger partial charge in [0.1, 0.15) is 0 Å². The maximum atomic E-state index is 13.4. The Morgan fingerprint density at radius 2 is 1.92 bits per heavy atom. The van der Waals surface area contributed by atoms with Crippen LogP contribution in [0.1, 0.15) is 34.8 Å². The number of nitrogens with one attached hydrogen (secondary N) is 1. The summed E-state index contributed by atoms with van der Waals surface area (Å²) in [5, 5.41) is 3.55. The van der Waals surface area contributed by atoms with Crippen LogP contribution in [0, 0.1) is 13.8 Å². The van der Waals surface area contributed by atoms with Gasteiger partial charge in [0.15, 0.2) is 11.5 Å². The second-order valence-electron chi connectivity index (χ2n) is 6.66. The number of carbonyl (C=O) groups excluding carboxylic acids is 1. The molecule has 0 radical (unpaired) electrons. The summed E-state index contributed by atoms with van der Waals surface area (Å²) >= 11 is 0. The average molecular weight is 354 g/mol. The van der Waals surface area contributed by atoms with Gasteiger partial charge < -0.3 is 19.7 Å². The highest BCUT2D eigenvalue weighted by Gasteiger charge is 2.30. The van der Waals surface area contributed by atoms with Crippen molar-refractivity contribution in [3.05, 3.63) is 47.0 Å². The van der Waals surface area contributed by atoms with Crippen molar-refractivity contribution < 1.29 is 14.3 Å². The van der Waals surface area contributed by atoms with Gasteiger partial charge in [-0.25, -0.2) is 0 Å². The molecule has 0 aliphatic carbocycles. The second-order valence-corrected chi connectivity index (χ2v) is 6.66. The Labute approximate surface area is 154 Å². The quantitative estimate of drug-likeness (QED) is 0.895. The highest BCUT2D eigenvalue weighted by atomic mass is 16.5. The fourth-order valence-corrected chi connectivity index (χ4v) is 3.35. The number of benzene rings is 2. The first-order chi connectivity index (χ1) is 12.5. The molecule has 0 aromatic heterocycles. The number of aryl methyl sites for hydroxylation is 2. The molecule has 1 atom stereocenters. The fraction of sp³-hybridized carbons (Fsp3) is 0.381. The van der Waals surface area contributed by atoms with Crippen molar-refractivity contribution in [2.75, 3.05) is 31.0 Å². The van der Waals surface area contributed by atoms with Crippen LogP contribution in [-0.2, 0) is 0 Å². The van der Waals surface area contributed by atoms with Crippen molar-refractivity contribution in [1.82, 2.24) is 0 Å². The molecule has 0 saturated heterocycles. The van der Waals surface area contributed by atoms with Crippen molar-refractivity contribution >= 4 is 17.3 Å². The Hall–Kier alpha value is -2.69. The van der Waals surface area contributed by atoms with E-state index in [1.165, 1.54) is 5.56 Å². The molecule has 1 aliphatic rings. The number of hydrogen-bond donors (Lipinski definition) is 1. The number of carbonyl (C=O) groups is 1. The zero-order valence-electron chi connectivity index (χ0n) is 16.1. The molecule has 0 saturated carbocycles. The van der Waals surface area contributed by atoms with Crippen LogP contribution < -0.4 is 19.7 Å². The van der Waals surface area contributed by atoms with Gasteiger partial charge in [-0.1, -0.05) is 13.0 Å². The second kappa shape index (κ2) is 7.28. The first kappa shape index (κ1) is 18.1. The van der Waals surface area contributed by atoms with Crippen molar-refractivity contribution in [3.63, 3.8) is 0 Å². The molecule has 0 fully saturated rings. The average Bonchev–Trinajstić information content (AvgIpc) is 2.66. The normalized spacial score (nSPS) is 15.9. The molecule has 1 unspecified atom stereocenters. The minimum Gasteiger partial charge on any atom is -0.493 e. The largest absolute Gasteiger partial charge is 0.493 e. The summed E-state index contributed by atoms with van der Waals surface area (Å²) in [5.74, 6) is 0.947. The topological polar surface area (TPSA) is 50.8 Å². The van der Waals surface area contributed by atoms with Gasteiger partial charge in [-0.3, -0.25) is 4.79 Å². The smallest absolute Gasteiger partial charge is 0.262 e. The first-order valence-corrected chi connectivity index (χ1v) is 8.90. The Kier molecular flexibility index (Phi) is 5.07. The van der Waals surface area contributed by atoms with Gasteiger partial charge in [0, 0.05) is 12.6 Å². The standard InChI is InChI=1S/C21H26N2O3/c1-6-15-12-23(18-11-14(3)13(2)10-17(18)22-15)21(24)16-8-7-9-19(25-4)20(16)26-5/h7-11,15,22H,6,12H2,1-5H3. The van der Waals surface area contributed by atoms with E-state index in [4.69, 9.17) is 9.47 Å². The van der Waals surface area contributed by atoms with Crippen LogP contribution >= 0.6 is 0 Å². The molecule has 5 nitrogen and oxygen atoms in total. The van der Waals surface area contributed by atoms with Crippen molar-refractivity contribution in [1.29, 1.82) is 0 Å². The van der Waals surface area contributed by atoms with Crippen LogP contribution in [-0.4, -0.2) is 32.7 Å². The van der Waals surface area contributed by atoms with Crippen LogP contribution in [0.25, 0.3) is 0 Å². The van der Waals surface area contributed by atoms with Crippen molar-refractivity contribution in [2.24, 2.45) is 0 Å². The van der Waals surface area contributed by atoms with E-state index >= 15 is 0 Å². The van der Waals surface area contributed by atoms with Crippen LogP contribution in [0.4, 0.5) is 11.4 Å². The van der Waals surface area contributed by atoms with Gasteiger partial charge in [-0.15, -0.1) is 0 Å². The minimum atomic E-state index is -0.0785. The highest BCUT2D eigenvalue weighted by molar-refractivity contribution is 6.10. The summed E-state index contributed by atoms with van der Waals surface area (Å²) in [6.45, 7) is 6.89. The molecule has 1 N–H and O–H groups in total. The van der Waals surface area contributed by atoms with Crippen LogP contribution in [0.15, 0.2) is 30.3 Å². The molecule has 138 valence electrons. The van der Waals surface area contributed by atoms with E-state index in [1.807, 2.05) is 11.0 Å². The third-order valence-corrected chi connectivity index (χ3v) is 5.04. The van der Waals surface area contributed by atoms with E-state index in [9.17, 15) is 4.79 Å². The molecular formula is C21H26N2O3. The Morgan fingerprint density at radius 1 is 1.19 bits per heavy atom. The Balaban J connectivity index is 2.09. The van der Waals surface area contributed by atoms with Crippen LogP contribution in [0.2, 0.25) is 0 Å². The number of ether oxygens (including phenoxy) is 2. The van der Waals surface area contributed by atoms with Gasteiger partial charge >= 0.3 is 0 Å². The SMILES string of the molecule is CCC1CN(C(=O)c2cccc(OC)c2OC)c2cc(C)c(C)cc2N1. The summed E-state index contributed by atoms with van der Waals surface area (Å²) in [6, 6.07) is 9.81. The number of amides is 1. The molecule has 1 aliphatic heterocycles. The molecule has 26 heavy (non-hydrogen) atoms. The van der Waals surface area contributed by atoms with E-state index in [2.05, 4.69) is 38.2 Å². The van der Waals surface area contributed by atoms with Gasteiger partial charge in [0.05, 0.1) is 31.2 Å². The highest BCUT2D eigenvalue weighted by Crippen LogP contribution is 2.37. The number of methoxy groups -OCH3 is 2. The van der Waals surface area contributed by atoms with E-state index in [0.717, 1.165) is 23.4 Å². The minimum absolute atomic E-state index is 0.0785. The van der Waals surface area contributed by atoms with E-state index < -0.39 is 0 Å². The van der Waals surface area contributed by atoms with Crippen molar-refractivity contribution in [2.45, 2.75) is 33.2 Å². The molecular weight excluding hydrogens is 328 g/mol. The van der Waals surface area contributed by atoms with Gasteiger partial charge in [0.2, 0.25) is 0 Å². The summed E-state index contributed by atoms with van der Waals surface area (Å²) in [5.41, 5.74) is 4.79. The third-order valence-electron chi connectivity index (χ3n) is 5.04. The van der Waals surface area contributed by atoms with Crippen molar-refractivity contribution in [3.8, 4) is 11.5 Å².